The van der Waals surface area contributed by atoms with Crippen LogP contribution in [0.1, 0.15) is 5.56 Å². The summed E-state index contributed by atoms with van der Waals surface area (Å²) in [7, 11) is 0. The highest BCUT2D eigenvalue weighted by Gasteiger charge is 1.98. The first-order valence-electron chi connectivity index (χ1n) is 4.60. The van der Waals surface area contributed by atoms with Gasteiger partial charge >= 0.3 is 0 Å². The van der Waals surface area contributed by atoms with Crippen molar-refractivity contribution in [1.29, 1.82) is 0 Å². The van der Waals surface area contributed by atoms with E-state index >= 15 is 0 Å². The summed E-state index contributed by atoms with van der Waals surface area (Å²) in [6, 6.07) is 5.55. The maximum Gasteiger partial charge on any atom is 0.205 e. The lowest BCUT2D eigenvalue weighted by Gasteiger charge is -1.98. The maximum absolute atomic E-state index is 6.01. The molecular formula is C10H8BrClN4S. The lowest BCUT2D eigenvalue weighted by Crippen LogP contribution is -1.91. The average molecular weight is 332 g/mol. The Hall–Kier alpha value is -1.11. The molecule has 0 saturated carbocycles. The topological polar surface area (TPSA) is 63.3 Å². The molecule has 1 aromatic carbocycles. The van der Waals surface area contributed by atoms with Crippen molar-refractivity contribution in [2.24, 2.45) is 5.10 Å². The molecule has 0 saturated heterocycles. The number of hydrogen-bond acceptors (Lipinski definition) is 5. The third kappa shape index (κ3) is 3.42. The summed E-state index contributed by atoms with van der Waals surface area (Å²) < 4.78 is 0.946. The zero-order chi connectivity index (χ0) is 12.3. The number of thiazole rings is 1. The molecule has 1 heterocycles. The molecule has 0 bridgehead atoms. The third-order valence-electron chi connectivity index (χ3n) is 1.84. The van der Waals surface area contributed by atoms with E-state index < -0.39 is 0 Å². The fourth-order valence-electron chi connectivity index (χ4n) is 1.11. The Balaban J connectivity index is 2.07. The molecule has 0 unspecified atom stereocenters. The first-order valence-corrected chi connectivity index (χ1v) is 6.65. The molecule has 2 rings (SSSR count). The molecule has 0 amide bonds. The van der Waals surface area contributed by atoms with Crippen molar-refractivity contribution in [2.45, 2.75) is 0 Å². The molecule has 0 aliphatic rings. The third-order valence-corrected chi connectivity index (χ3v) is 3.45. The Morgan fingerprint density at radius 2 is 2.35 bits per heavy atom. The summed E-state index contributed by atoms with van der Waals surface area (Å²) in [6.45, 7) is 0. The van der Waals surface area contributed by atoms with Gasteiger partial charge < -0.3 is 5.73 Å². The summed E-state index contributed by atoms with van der Waals surface area (Å²) in [5, 5.41) is 7.06. The summed E-state index contributed by atoms with van der Waals surface area (Å²) in [6.07, 6.45) is 1.63. The van der Waals surface area contributed by atoms with E-state index in [1.54, 1.807) is 17.7 Å². The molecule has 0 atom stereocenters. The Morgan fingerprint density at radius 1 is 1.53 bits per heavy atom. The number of nitrogens with two attached hydrogens (primary N) is 1. The van der Waals surface area contributed by atoms with Crippen LogP contribution in [0.4, 0.5) is 10.9 Å². The summed E-state index contributed by atoms with van der Waals surface area (Å²) in [5.74, 6) is 0.480. The zero-order valence-electron chi connectivity index (χ0n) is 8.52. The van der Waals surface area contributed by atoms with Crippen LogP contribution in [0.25, 0.3) is 0 Å². The minimum Gasteiger partial charge on any atom is -0.383 e. The van der Waals surface area contributed by atoms with E-state index in [4.69, 9.17) is 17.3 Å². The summed E-state index contributed by atoms with van der Waals surface area (Å²) >= 11 is 10.8. The number of nitrogens with one attached hydrogen (secondary N) is 1. The van der Waals surface area contributed by atoms with Crippen LogP contribution in [-0.4, -0.2) is 11.2 Å². The van der Waals surface area contributed by atoms with Crippen LogP contribution >= 0.6 is 38.9 Å². The first kappa shape index (κ1) is 12.3. The summed E-state index contributed by atoms with van der Waals surface area (Å²) in [5.41, 5.74) is 9.09. The van der Waals surface area contributed by atoms with E-state index in [9.17, 15) is 0 Å². The van der Waals surface area contributed by atoms with E-state index in [1.165, 1.54) is 11.3 Å². The molecule has 0 aliphatic heterocycles. The number of nitrogens with zero attached hydrogens (tertiary/aromatic N) is 2. The van der Waals surface area contributed by atoms with Crippen molar-refractivity contribution in [1.82, 2.24) is 4.98 Å². The van der Waals surface area contributed by atoms with E-state index in [0.29, 0.717) is 16.0 Å². The number of anilines is 2. The van der Waals surface area contributed by atoms with Crippen molar-refractivity contribution >= 4 is 56.0 Å². The lowest BCUT2D eigenvalue weighted by atomic mass is 10.2. The predicted octanol–water partition coefficient (Wildman–Crippen LogP) is 3.59. The monoisotopic (exact) mass is 330 g/mol. The zero-order valence-corrected chi connectivity index (χ0v) is 11.7. The molecule has 4 nitrogen and oxygen atoms in total. The molecular weight excluding hydrogens is 324 g/mol. The Bertz CT molecular complexity index is 555. The van der Waals surface area contributed by atoms with Gasteiger partial charge in [-0.2, -0.15) is 5.10 Å². The average Bonchev–Trinajstić information content (AvgIpc) is 2.69. The van der Waals surface area contributed by atoms with Gasteiger partial charge in [-0.3, -0.25) is 5.43 Å². The van der Waals surface area contributed by atoms with Crippen LogP contribution < -0.4 is 11.2 Å². The molecule has 17 heavy (non-hydrogen) atoms. The highest BCUT2D eigenvalue weighted by molar-refractivity contribution is 9.10. The highest BCUT2D eigenvalue weighted by Crippen LogP contribution is 2.20. The van der Waals surface area contributed by atoms with Gasteiger partial charge in [-0.25, -0.2) is 4.98 Å². The van der Waals surface area contributed by atoms with Crippen molar-refractivity contribution in [3.05, 3.63) is 38.6 Å². The van der Waals surface area contributed by atoms with Gasteiger partial charge in [-0.15, -0.1) is 11.3 Å². The van der Waals surface area contributed by atoms with Crippen molar-refractivity contribution in [3.63, 3.8) is 0 Å². The first-order chi connectivity index (χ1) is 8.15. The van der Waals surface area contributed by atoms with Crippen LogP contribution in [0, 0.1) is 0 Å². The van der Waals surface area contributed by atoms with Gasteiger partial charge in [0.05, 0.1) is 6.21 Å². The van der Waals surface area contributed by atoms with Gasteiger partial charge in [-0.05, 0) is 18.2 Å². The highest BCUT2D eigenvalue weighted by atomic mass is 79.9. The maximum atomic E-state index is 6.01. The van der Waals surface area contributed by atoms with Gasteiger partial charge in [0.2, 0.25) is 5.13 Å². The van der Waals surface area contributed by atoms with Gasteiger partial charge in [0, 0.05) is 20.4 Å². The minimum atomic E-state index is 0.480. The van der Waals surface area contributed by atoms with Crippen LogP contribution in [0.2, 0.25) is 5.02 Å². The van der Waals surface area contributed by atoms with Gasteiger partial charge in [-0.1, -0.05) is 27.5 Å². The second-order valence-corrected chi connectivity index (χ2v) is 5.29. The number of aromatic nitrogens is 1. The second-order valence-electron chi connectivity index (χ2n) is 3.11. The fraction of sp³-hybridized carbons (Fsp3) is 0. The molecule has 1 aromatic heterocycles. The number of nitrogen functional groups attached to an aromatic ring is 1. The molecule has 0 aliphatic carbocycles. The van der Waals surface area contributed by atoms with Crippen LogP contribution in [-0.2, 0) is 0 Å². The van der Waals surface area contributed by atoms with Crippen LogP contribution in [0.3, 0.4) is 0 Å². The van der Waals surface area contributed by atoms with E-state index in [2.05, 4.69) is 31.4 Å². The van der Waals surface area contributed by atoms with E-state index in [-0.39, 0.29) is 0 Å². The standard InChI is InChI=1S/C10H8BrClN4S/c11-7-1-2-8(12)6(3-7)4-14-16-10-15-9(13)5-17-10/h1-5H,13H2,(H,15,16). The van der Waals surface area contributed by atoms with Crippen LogP contribution in [0.5, 0.6) is 0 Å². The summed E-state index contributed by atoms with van der Waals surface area (Å²) in [4.78, 5) is 4.01. The number of hydrogen-bond donors (Lipinski definition) is 2. The second kappa shape index (κ2) is 5.48. The lowest BCUT2D eigenvalue weighted by molar-refractivity contribution is 1.29. The van der Waals surface area contributed by atoms with E-state index in [1.807, 2.05) is 12.1 Å². The largest absolute Gasteiger partial charge is 0.383 e. The van der Waals surface area contributed by atoms with Crippen molar-refractivity contribution in [2.75, 3.05) is 11.2 Å². The molecule has 0 fully saturated rings. The number of benzene rings is 1. The van der Waals surface area contributed by atoms with Gasteiger partial charge in [0.15, 0.2) is 0 Å². The Labute approximate surface area is 116 Å². The SMILES string of the molecule is Nc1csc(NN=Cc2cc(Br)ccc2Cl)n1. The molecule has 7 heteroatoms. The van der Waals surface area contributed by atoms with Crippen LogP contribution in [0.15, 0.2) is 33.2 Å². The molecule has 2 aromatic rings. The van der Waals surface area contributed by atoms with Gasteiger partial charge in [0.1, 0.15) is 5.82 Å². The molecule has 0 radical (unpaired) electrons. The Morgan fingerprint density at radius 3 is 3.06 bits per heavy atom. The van der Waals surface area contributed by atoms with Crippen molar-refractivity contribution in [3.8, 4) is 0 Å². The quantitative estimate of drug-likeness (QED) is 0.667. The fourth-order valence-corrected chi connectivity index (χ4v) is 2.20. The molecule has 0 spiro atoms. The van der Waals surface area contributed by atoms with E-state index in [0.717, 1.165) is 10.0 Å². The number of hydrazone groups is 1. The number of halogens is 2. The normalized spacial score (nSPS) is 10.9. The minimum absolute atomic E-state index is 0.480. The van der Waals surface area contributed by atoms with Crippen molar-refractivity contribution < 1.29 is 0 Å². The molecule has 3 N–H and O–H groups in total. The predicted molar refractivity (Wildman–Crippen MR) is 76.9 cm³/mol. The number of rotatable bonds is 3. The smallest absolute Gasteiger partial charge is 0.205 e. The van der Waals surface area contributed by atoms with Gasteiger partial charge in [0.25, 0.3) is 0 Å². The Kier molecular flexibility index (Phi) is 3.98. The molecule has 88 valence electrons.